The predicted molar refractivity (Wildman–Crippen MR) is 236 cm³/mol. The summed E-state index contributed by atoms with van der Waals surface area (Å²) in [7, 11) is 0. The third-order valence-corrected chi connectivity index (χ3v) is 14.8. The highest BCUT2D eigenvalue weighted by molar-refractivity contribution is 6.25. The largest absolute Gasteiger partial charge is 0.310 e. The fraction of sp³-hybridized carbons (Fsp3) is 0.236. The van der Waals surface area contributed by atoms with E-state index in [4.69, 9.17) is 0 Å². The molecule has 0 radical (unpaired) electrons. The van der Waals surface area contributed by atoms with Gasteiger partial charge in [0.2, 0.25) is 0 Å². The highest BCUT2D eigenvalue weighted by atomic mass is 15.1. The number of fused-ring (bicyclic) bond motifs is 9. The van der Waals surface area contributed by atoms with Crippen LogP contribution in [0.1, 0.15) is 69.1 Å². The summed E-state index contributed by atoms with van der Waals surface area (Å²) in [6.07, 6.45) is 8.71. The van der Waals surface area contributed by atoms with Gasteiger partial charge < -0.3 is 4.90 Å². The van der Waals surface area contributed by atoms with Gasteiger partial charge in [-0.25, -0.2) is 0 Å². The SMILES string of the molecule is CC1(C)c2ccccc2-c2ccc(N(c3ccc(-c4ccc(C56CC7CC(CC(C7)C5)C6)cc4)cc3)c3ccc4c5ccccc5c5ccccc5c4c3)cc21. The summed E-state index contributed by atoms with van der Waals surface area (Å²) in [6, 6.07) is 60.0. The summed E-state index contributed by atoms with van der Waals surface area (Å²) >= 11 is 0. The van der Waals surface area contributed by atoms with E-state index in [1.807, 2.05) is 0 Å². The van der Waals surface area contributed by atoms with E-state index in [2.05, 4.69) is 176 Å². The highest BCUT2D eigenvalue weighted by Crippen LogP contribution is 2.61. The molecule has 4 bridgehead atoms. The Morgan fingerprint density at radius 2 is 0.875 bits per heavy atom. The highest BCUT2D eigenvalue weighted by Gasteiger charge is 2.51. The normalized spacial score (nSPS) is 22.8. The molecule has 1 nitrogen and oxygen atoms in total. The zero-order valence-corrected chi connectivity index (χ0v) is 32.4. The Labute approximate surface area is 330 Å². The van der Waals surface area contributed by atoms with Gasteiger partial charge in [-0.15, -0.1) is 0 Å². The van der Waals surface area contributed by atoms with Gasteiger partial charge in [-0.05, 0) is 169 Å². The number of rotatable bonds is 5. The molecule has 0 saturated heterocycles. The summed E-state index contributed by atoms with van der Waals surface area (Å²) in [4.78, 5) is 2.47. The molecular weight excluding hydrogens is 675 g/mol. The number of benzene rings is 8. The number of anilines is 3. The van der Waals surface area contributed by atoms with Crippen LogP contribution in [0.3, 0.4) is 0 Å². The van der Waals surface area contributed by atoms with Crippen molar-refractivity contribution in [1.29, 1.82) is 0 Å². The van der Waals surface area contributed by atoms with E-state index >= 15 is 0 Å². The van der Waals surface area contributed by atoms with Crippen LogP contribution in [-0.2, 0) is 10.8 Å². The molecule has 0 amide bonds. The predicted octanol–water partition coefficient (Wildman–Crippen LogP) is 15.1. The first kappa shape index (κ1) is 32.6. The van der Waals surface area contributed by atoms with Crippen LogP contribution in [0, 0.1) is 17.8 Å². The van der Waals surface area contributed by atoms with Gasteiger partial charge in [-0.2, -0.15) is 0 Å². The van der Waals surface area contributed by atoms with Crippen molar-refractivity contribution in [2.24, 2.45) is 17.8 Å². The van der Waals surface area contributed by atoms with E-state index < -0.39 is 0 Å². The first-order valence-electron chi connectivity index (χ1n) is 21.0. The second-order valence-corrected chi connectivity index (χ2v) is 18.4. The smallest absolute Gasteiger partial charge is 0.0468 e. The third kappa shape index (κ3) is 4.79. The van der Waals surface area contributed by atoms with E-state index in [0.717, 1.165) is 23.4 Å². The van der Waals surface area contributed by atoms with Crippen molar-refractivity contribution >= 4 is 49.4 Å². The lowest BCUT2D eigenvalue weighted by atomic mass is 9.48. The van der Waals surface area contributed by atoms with Crippen molar-refractivity contribution < 1.29 is 0 Å². The molecule has 0 heterocycles. The maximum absolute atomic E-state index is 2.48. The topological polar surface area (TPSA) is 3.24 Å². The van der Waals surface area contributed by atoms with Gasteiger partial charge >= 0.3 is 0 Å². The molecule has 0 aromatic heterocycles. The van der Waals surface area contributed by atoms with Crippen LogP contribution < -0.4 is 4.90 Å². The Bertz CT molecular complexity index is 2790. The Morgan fingerprint density at radius 1 is 0.411 bits per heavy atom. The average Bonchev–Trinajstić information content (AvgIpc) is 3.46. The Kier molecular flexibility index (Phi) is 6.93. The van der Waals surface area contributed by atoms with Crippen LogP contribution in [0.4, 0.5) is 17.1 Å². The van der Waals surface area contributed by atoms with E-state index in [9.17, 15) is 0 Å². The monoisotopic (exact) mass is 721 g/mol. The quantitative estimate of drug-likeness (QED) is 0.160. The summed E-state index contributed by atoms with van der Waals surface area (Å²) in [5, 5.41) is 7.78. The Morgan fingerprint density at radius 3 is 1.50 bits per heavy atom. The molecule has 0 N–H and O–H groups in total. The molecule has 1 heteroatoms. The van der Waals surface area contributed by atoms with Crippen molar-refractivity contribution in [1.82, 2.24) is 0 Å². The Hall–Kier alpha value is -5.66. The van der Waals surface area contributed by atoms with Crippen LogP contribution in [-0.4, -0.2) is 0 Å². The molecule has 13 rings (SSSR count). The minimum Gasteiger partial charge on any atom is -0.310 e. The minimum absolute atomic E-state index is 0.0850. The van der Waals surface area contributed by atoms with Crippen molar-refractivity contribution in [3.8, 4) is 22.3 Å². The van der Waals surface area contributed by atoms with E-state index in [-0.39, 0.29) is 5.41 Å². The van der Waals surface area contributed by atoms with Crippen molar-refractivity contribution in [3.63, 3.8) is 0 Å². The van der Waals surface area contributed by atoms with Crippen molar-refractivity contribution in [3.05, 3.63) is 174 Å². The molecule has 0 aliphatic heterocycles. The minimum atomic E-state index is -0.0850. The van der Waals surface area contributed by atoms with E-state index in [0.29, 0.717) is 5.41 Å². The zero-order chi connectivity index (χ0) is 37.2. The molecule has 272 valence electrons. The van der Waals surface area contributed by atoms with Crippen LogP contribution in [0.2, 0.25) is 0 Å². The summed E-state index contributed by atoms with van der Waals surface area (Å²) in [5.74, 6) is 2.89. The maximum Gasteiger partial charge on any atom is 0.0468 e. The van der Waals surface area contributed by atoms with Crippen LogP contribution in [0.15, 0.2) is 158 Å². The summed E-state index contributed by atoms with van der Waals surface area (Å²) in [6.45, 7) is 4.75. The first-order valence-corrected chi connectivity index (χ1v) is 21.0. The third-order valence-electron chi connectivity index (χ3n) is 14.8. The van der Waals surface area contributed by atoms with Gasteiger partial charge in [0, 0.05) is 22.5 Å². The molecule has 4 fully saturated rings. The maximum atomic E-state index is 2.48. The molecule has 0 unspecified atom stereocenters. The first-order chi connectivity index (χ1) is 27.4. The molecule has 8 aromatic carbocycles. The zero-order valence-electron chi connectivity index (χ0n) is 32.4. The fourth-order valence-corrected chi connectivity index (χ4v) is 12.6. The lowest BCUT2D eigenvalue weighted by molar-refractivity contribution is -0.00518. The molecule has 5 aliphatic rings. The van der Waals surface area contributed by atoms with Crippen LogP contribution in [0.25, 0.3) is 54.6 Å². The second-order valence-electron chi connectivity index (χ2n) is 18.4. The fourth-order valence-electron chi connectivity index (χ4n) is 12.6. The van der Waals surface area contributed by atoms with Gasteiger partial charge in [-0.1, -0.05) is 135 Å². The summed E-state index contributed by atoms with van der Waals surface area (Å²) < 4.78 is 0. The van der Waals surface area contributed by atoms with Crippen LogP contribution >= 0.6 is 0 Å². The molecule has 8 aromatic rings. The lowest BCUT2D eigenvalue weighted by Crippen LogP contribution is -2.48. The summed E-state index contributed by atoms with van der Waals surface area (Å²) in [5.41, 5.74) is 13.5. The average molecular weight is 722 g/mol. The molecular formula is C55H47N. The standard InChI is InChI=1S/C55H47N/c1-54(2)52-14-8-7-13-49(52)50-26-24-43(31-53(50)54)56(42-23-25-48-46-11-4-3-9-44(46)45-10-5-6-12-47(45)51(48)30-42)41-21-17-39(18-22-41)38-15-19-40(20-16-38)55-32-35-27-36(33-55)29-37(28-35)34-55/h3-26,30-31,35-37H,27-29,32-34H2,1-2H3. The van der Waals surface area contributed by atoms with E-state index in [1.165, 1.54) is 116 Å². The lowest BCUT2D eigenvalue weighted by Gasteiger charge is -2.57. The molecule has 0 atom stereocenters. The Balaban J connectivity index is 0.972. The van der Waals surface area contributed by atoms with Crippen molar-refractivity contribution in [2.45, 2.75) is 63.2 Å². The van der Waals surface area contributed by atoms with Gasteiger partial charge in [-0.3, -0.25) is 0 Å². The van der Waals surface area contributed by atoms with Crippen molar-refractivity contribution in [2.75, 3.05) is 4.90 Å². The van der Waals surface area contributed by atoms with Gasteiger partial charge in [0.05, 0.1) is 0 Å². The molecule has 0 spiro atoms. The second kappa shape index (κ2) is 11.9. The molecule has 56 heavy (non-hydrogen) atoms. The number of hydrogen-bond acceptors (Lipinski definition) is 1. The van der Waals surface area contributed by atoms with Crippen LogP contribution in [0.5, 0.6) is 0 Å². The van der Waals surface area contributed by atoms with Gasteiger partial charge in [0.15, 0.2) is 0 Å². The molecule has 4 saturated carbocycles. The number of nitrogens with zero attached hydrogens (tertiary/aromatic N) is 1. The molecule has 5 aliphatic carbocycles. The van der Waals surface area contributed by atoms with Gasteiger partial charge in [0.1, 0.15) is 0 Å². The van der Waals surface area contributed by atoms with E-state index in [1.54, 1.807) is 5.56 Å². The number of hydrogen-bond donors (Lipinski definition) is 0. The van der Waals surface area contributed by atoms with Gasteiger partial charge in [0.25, 0.3) is 0 Å².